The van der Waals surface area contributed by atoms with Gasteiger partial charge in [0, 0.05) is 31.4 Å². The van der Waals surface area contributed by atoms with Crippen molar-refractivity contribution in [2.45, 2.75) is 31.3 Å². The third kappa shape index (κ3) is 1.97. The average molecular weight is 232 g/mol. The van der Waals surface area contributed by atoms with Crippen molar-refractivity contribution < 1.29 is 0 Å². The minimum atomic E-state index is 0.698. The van der Waals surface area contributed by atoms with E-state index in [1.54, 1.807) is 6.20 Å². The molecule has 92 valence electrons. The highest BCUT2D eigenvalue weighted by molar-refractivity contribution is 5.53. The number of aromatic nitrogens is 1. The summed E-state index contributed by atoms with van der Waals surface area (Å²) in [4.78, 5) is 9.18. The molecule has 0 saturated carbocycles. The second-order valence-corrected chi connectivity index (χ2v) is 5.26. The predicted octanol–water partition coefficient (Wildman–Crippen LogP) is 1.34. The molecule has 2 unspecified atom stereocenters. The number of fused-ring (bicyclic) bond motifs is 2. The maximum atomic E-state index is 5.81. The van der Waals surface area contributed by atoms with Crippen molar-refractivity contribution in [2.24, 2.45) is 0 Å². The lowest BCUT2D eigenvalue weighted by Gasteiger charge is -2.27. The van der Waals surface area contributed by atoms with E-state index in [0.717, 1.165) is 24.8 Å². The van der Waals surface area contributed by atoms with Gasteiger partial charge >= 0.3 is 0 Å². The van der Waals surface area contributed by atoms with Crippen molar-refractivity contribution in [3.63, 3.8) is 0 Å². The fraction of sp³-hybridized carbons (Fsp3) is 0.615. The van der Waals surface area contributed by atoms with Crippen LogP contribution in [0, 0.1) is 0 Å². The molecule has 1 aromatic heterocycles. The van der Waals surface area contributed by atoms with Gasteiger partial charge in [-0.15, -0.1) is 0 Å². The third-order valence-electron chi connectivity index (χ3n) is 4.26. The molecule has 0 amide bonds. The molecule has 3 rings (SSSR count). The third-order valence-corrected chi connectivity index (χ3v) is 4.26. The predicted molar refractivity (Wildman–Crippen MR) is 70.1 cm³/mol. The molecule has 2 fully saturated rings. The van der Waals surface area contributed by atoms with Crippen LogP contribution in [-0.4, -0.2) is 42.1 Å². The molecule has 0 spiro atoms. The first-order chi connectivity index (χ1) is 8.24. The number of hydrogen-bond acceptors (Lipinski definition) is 4. The lowest BCUT2D eigenvalue weighted by atomic mass is 10.1. The molecule has 1 aromatic rings. The first kappa shape index (κ1) is 10.8. The maximum Gasteiger partial charge on any atom is 0.0573 e. The van der Waals surface area contributed by atoms with E-state index >= 15 is 0 Å². The van der Waals surface area contributed by atoms with Gasteiger partial charge in [0.05, 0.1) is 17.6 Å². The van der Waals surface area contributed by atoms with Crippen molar-refractivity contribution in [2.75, 3.05) is 30.8 Å². The van der Waals surface area contributed by atoms with Crippen molar-refractivity contribution >= 4 is 11.4 Å². The Balaban J connectivity index is 1.81. The van der Waals surface area contributed by atoms with Gasteiger partial charge in [0.2, 0.25) is 0 Å². The topological polar surface area (TPSA) is 45.4 Å². The molecule has 0 aromatic carbocycles. The number of pyridine rings is 1. The largest absolute Gasteiger partial charge is 0.397 e. The summed E-state index contributed by atoms with van der Waals surface area (Å²) in [5.74, 6) is 0. The molecule has 3 heterocycles. The minimum Gasteiger partial charge on any atom is -0.397 e. The first-order valence-electron chi connectivity index (χ1n) is 6.41. The van der Waals surface area contributed by atoms with Gasteiger partial charge in [-0.1, -0.05) is 0 Å². The summed E-state index contributed by atoms with van der Waals surface area (Å²) in [6.07, 6.45) is 7.58. The lowest BCUT2D eigenvalue weighted by Crippen LogP contribution is -2.36. The summed E-state index contributed by atoms with van der Waals surface area (Å²) in [6, 6.07) is 3.51. The molecule has 2 aliphatic rings. The molecule has 2 aliphatic heterocycles. The molecule has 0 radical (unpaired) electrons. The number of nitrogens with zero attached hydrogens (tertiary/aromatic N) is 3. The van der Waals surface area contributed by atoms with Gasteiger partial charge in [-0.3, -0.25) is 9.88 Å². The lowest BCUT2D eigenvalue weighted by molar-refractivity contribution is 0.254. The molecule has 2 saturated heterocycles. The Hall–Kier alpha value is -1.29. The van der Waals surface area contributed by atoms with Crippen LogP contribution in [0.1, 0.15) is 19.3 Å². The standard InChI is InChI=1S/C13H20N4/c1-16-11-2-3-12(16)9-17(5-4-11)13-6-10(14)7-15-8-13/h6-8,11-12H,2-5,9,14H2,1H3. The summed E-state index contributed by atoms with van der Waals surface area (Å²) in [7, 11) is 2.27. The monoisotopic (exact) mass is 232 g/mol. The van der Waals surface area contributed by atoms with E-state index in [1.165, 1.54) is 24.9 Å². The summed E-state index contributed by atoms with van der Waals surface area (Å²) >= 11 is 0. The molecular formula is C13H20N4. The van der Waals surface area contributed by atoms with E-state index in [1.807, 2.05) is 12.3 Å². The zero-order valence-electron chi connectivity index (χ0n) is 10.3. The highest BCUT2D eigenvalue weighted by Gasteiger charge is 2.34. The molecule has 2 bridgehead atoms. The number of nitrogen functional groups attached to an aromatic ring is 1. The van der Waals surface area contributed by atoms with Crippen LogP contribution in [0.15, 0.2) is 18.5 Å². The first-order valence-corrected chi connectivity index (χ1v) is 6.41. The quantitative estimate of drug-likeness (QED) is 0.793. The SMILES string of the molecule is CN1C2CCC1CN(c1cncc(N)c1)CC2. The van der Waals surface area contributed by atoms with Gasteiger partial charge in [-0.05, 0) is 32.4 Å². The zero-order valence-corrected chi connectivity index (χ0v) is 10.3. The normalized spacial score (nSPS) is 29.4. The molecule has 0 aliphatic carbocycles. The molecule has 17 heavy (non-hydrogen) atoms. The summed E-state index contributed by atoms with van der Waals surface area (Å²) in [5, 5.41) is 0. The molecule has 2 atom stereocenters. The van der Waals surface area contributed by atoms with Crippen LogP contribution in [0.5, 0.6) is 0 Å². The van der Waals surface area contributed by atoms with Gasteiger partial charge in [0.15, 0.2) is 0 Å². The Kier molecular flexibility index (Phi) is 2.67. The molecular weight excluding hydrogens is 212 g/mol. The van der Waals surface area contributed by atoms with E-state index in [0.29, 0.717) is 6.04 Å². The van der Waals surface area contributed by atoms with Crippen molar-refractivity contribution in [1.82, 2.24) is 9.88 Å². The Morgan fingerprint density at radius 1 is 1.24 bits per heavy atom. The molecule has 2 N–H and O–H groups in total. The van der Waals surface area contributed by atoms with Gasteiger partial charge < -0.3 is 10.6 Å². The van der Waals surface area contributed by atoms with Crippen LogP contribution in [0.4, 0.5) is 11.4 Å². The summed E-state index contributed by atoms with van der Waals surface area (Å²) < 4.78 is 0. The number of hydrogen-bond donors (Lipinski definition) is 1. The van der Waals surface area contributed by atoms with Crippen molar-refractivity contribution in [1.29, 1.82) is 0 Å². The van der Waals surface area contributed by atoms with E-state index in [4.69, 9.17) is 5.73 Å². The molecule has 4 heteroatoms. The highest BCUT2D eigenvalue weighted by Crippen LogP contribution is 2.30. The van der Waals surface area contributed by atoms with Crippen LogP contribution in [0.25, 0.3) is 0 Å². The minimum absolute atomic E-state index is 0.698. The van der Waals surface area contributed by atoms with Gasteiger partial charge in [-0.25, -0.2) is 0 Å². The fourth-order valence-corrected chi connectivity index (χ4v) is 3.16. The average Bonchev–Trinajstić information content (AvgIpc) is 2.53. The number of likely N-dealkylation sites (N-methyl/N-ethyl adjacent to an activating group) is 1. The van der Waals surface area contributed by atoms with Gasteiger partial charge in [0.1, 0.15) is 0 Å². The van der Waals surface area contributed by atoms with Gasteiger partial charge in [-0.2, -0.15) is 0 Å². The van der Waals surface area contributed by atoms with Crippen LogP contribution in [-0.2, 0) is 0 Å². The van der Waals surface area contributed by atoms with Gasteiger partial charge in [0.25, 0.3) is 0 Å². The Bertz CT molecular complexity index is 406. The Labute approximate surface area is 102 Å². The van der Waals surface area contributed by atoms with E-state index in [-0.39, 0.29) is 0 Å². The Morgan fingerprint density at radius 3 is 2.88 bits per heavy atom. The van der Waals surface area contributed by atoms with E-state index < -0.39 is 0 Å². The van der Waals surface area contributed by atoms with E-state index in [2.05, 4.69) is 21.8 Å². The number of anilines is 2. The zero-order chi connectivity index (χ0) is 11.8. The second-order valence-electron chi connectivity index (χ2n) is 5.26. The van der Waals surface area contributed by atoms with Crippen molar-refractivity contribution in [3.05, 3.63) is 18.5 Å². The van der Waals surface area contributed by atoms with Crippen LogP contribution in [0.3, 0.4) is 0 Å². The molecule has 4 nitrogen and oxygen atoms in total. The van der Waals surface area contributed by atoms with Crippen LogP contribution in [0.2, 0.25) is 0 Å². The smallest absolute Gasteiger partial charge is 0.0573 e. The summed E-state index contributed by atoms with van der Waals surface area (Å²) in [5.41, 5.74) is 7.74. The maximum absolute atomic E-state index is 5.81. The Morgan fingerprint density at radius 2 is 2.06 bits per heavy atom. The highest BCUT2D eigenvalue weighted by atomic mass is 15.3. The van der Waals surface area contributed by atoms with Crippen molar-refractivity contribution in [3.8, 4) is 0 Å². The van der Waals surface area contributed by atoms with Crippen LogP contribution >= 0.6 is 0 Å². The van der Waals surface area contributed by atoms with E-state index in [9.17, 15) is 0 Å². The second kappa shape index (κ2) is 4.18. The number of nitrogens with two attached hydrogens (primary N) is 1. The number of rotatable bonds is 1. The fourth-order valence-electron chi connectivity index (χ4n) is 3.16. The van der Waals surface area contributed by atoms with Crippen LogP contribution < -0.4 is 10.6 Å². The summed E-state index contributed by atoms with van der Waals surface area (Å²) in [6.45, 7) is 2.23.